The van der Waals surface area contributed by atoms with Crippen molar-refractivity contribution in [1.29, 1.82) is 0 Å². The van der Waals surface area contributed by atoms with Crippen molar-refractivity contribution >= 4 is 17.8 Å². The molecule has 2 atom stereocenters. The van der Waals surface area contributed by atoms with Crippen LogP contribution in [-0.4, -0.2) is 29.4 Å². The molecule has 5 nitrogen and oxygen atoms in total. The highest BCUT2D eigenvalue weighted by atomic mass is 19.1. The van der Waals surface area contributed by atoms with E-state index < -0.39 is 23.7 Å². The van der Waals surface area contributed by atoms with Gasteiger partial charge in [0.05, 0.1) is 11.7 Å². The lowest BCUT2D eigenvalue weighted by atomic mass is 10.1. The minimum atomic E-state index is -0.508. The van der Waals surface area contributed by atoms with Gasteiger partial charge in [-0.1, -0.05) is 27.7 Å². The van der Waals surface area contributed by atoms with Gasteiger partial charge in [-0.25, -0.2) is 9.29 Å². The molecule has 2 amide bonds. The molecule has 0 aromatic carbocycles. The Balaban J connectivity index is 2.00. The highest BCUT2D eigenvalue weighted by Crippen LogP contribution is 2.59. The summed E-state index contributed by atoms with van der Waals surface area (Å²) in [5.41, 5.74) is 0.587. The zero-order valence-electron chi connectivity index (χ0n) is 14.8. The van der Waals surface area contributed by atoms with Crippen LogP contribution in [0.15, 0.2) is 23.0 Å². The summed E-state index contributed by atoms with van der Waals surface area (Å²) in [4.78, 5) is 37.7. The lowest BCUT2D eigenvalue weighted by Crippen LogP contribution is -2.35. The normalized spacial score (nSPS) is 26.2. The van der Waals surface area contributed by atoms with Crippen molar-refractivity contribution in [3.8, 4) is 0 Å². The van der Waals surface area contributed by atoms with Crippen LogP contribution in [0.3, 0.4) is 0 Å². The predicted molar refractivity (Wildman–Crippen MR) is 86.0 cm³/mol. The fraction of sp³-hybridized carbons (Fsp3) is 0.611. The average molecular weight is 337 g/mol. The van der Waals surface area contributed by atoms with Gasteiger partial charge in [-0.2, -0.15) is 0 Å². The SMILES string of the molecule is CCC1=C(CC)C(=O)N(COC(=O)[C@@H]2C(/C=C(/C)F)C2(C)C)C1=O. The van der Waals surface area contributed by atoms with Crippen LogP contribution in [0.5, 0.6) is 0 Å². The highest BCUT2D eigenvalue weighted by Gasteiger charge is 2.61. The zero-order chi connectivity index (χ0) is 18.2. The fourth-order valence-corrected chi connectivity index (χ4v) is 3.43. The topological polar surface area (TPSA) is 63.7 Å². The smallest absolute Gasteiger partial charge is 0.311 e. The standard InChI is InChI=1S/C18H24FNO4/c1-6-11-12(7-2)16(22)20(15(11)21)9-24-17(23)14-13(8-10(3)19)18(14,4)5/h8,13-14H,6-7,9H2,1-5H3/b10-8-/t13?,14-/m0/s1. The summed E-state index contributed by atoms with van der Waals surface area (Å²) in [6.45, 7) is 8.30. The second-order valence-electron chi connectivity index (χ2n) is 6.87. The number of ether oxygens (including phenoxy) is 1. The van der Waals surface area contributed by atoms with Crippen molar-refractivity contribution < 1.29 is 23.5 Å². The molecule has 0 aromatic heterocycles. The summed E-state index contributed by atoms with van der Waals surface area (Å²) in [6, 6.07) is 0. The highest BCUT2D eigenvalue weighted by molar-refractivity contribution is 6.19. The molecule has 1 aliphatic carbocycles. The first kappa shape index (κ1) is 18.4. The van der Waals surface area contributed by atoms with Crippen LogP contribution in [-0.2, 0) is 19.1 Å². The Bertz CT molecular complexity index is 617. The number of esters is 1. The molecule has 0 aromatic rings. The Morgan fingerprint density at radius 2 is 1.71 bits per heavy atom. The molecule has 1 saturated carbocycles. The van der Waals surface area contributed by atoms with E-state index in [-0.39, 0.29) is 23.9 Å². The first-order chi connectivity index (χ1) is 11.2. The molecular weight excluding hydrogens is 313 g/mol. The van der Waals surface area contributed by atoms with Gasteiger partial charge in [-0.15, -0.1) is 0 Å². The maximum Gasteiger partial charge on any atom is 0.311 e. The molecular formula is C18H24FNO4. The summed E-state index contributed by atoms with van der Waals surface area (Å²) in [7, 11) is 0. The number of allylic oxidation sites excluding steroid dienone is 2. The van der Waals surface area contributed by atoms with Crippen molar-refractivity contribution in [2.45, 2.75) is 47.5 Å². The Kier molecular flexibility index (Phi) is 4.97. The third-order valence-electron chi connectivity index (χ3n) is 4.99. The van der Waals surface area contributed by atoms with Crippen molar-refractivity contribution in [2.75, 3.05) is 6.73 Å². The molecule has 132 valence electrons. The first-order valence-corrected chi connectivity index (χ1v) is 8.25. The number of halogens is 1. The molecule has 0 bridgehead atoms. The molecule has 0 spiro atoms. The molecule has 1 unspecified atom stereocenters. The van der Waals surface area contributed by atoms with E-state index in [0.29, 0.717) is 24.0 Å². The molecule has 0 N–H and O–H groups in total. The molecule has 1 heterocycles. The van der Waals surface area contributed by atoms with Gasteiger partial charge in [0, 0.05) is 11.1 Å². The lowest BCUT2D eigenvalue weighted by molar-refractivity contribution is -0.156. The zero-order valence-corrected chi connectivity index (χ0v) is 14.8. The Labute approximate surface area is 141 Å². The second kappa shape index (κ2) is 6.49. The third kappa shape index (κ3) is 3.01. The summed E-state index contributed by atoms with van der Waals surface area (Å²) in [5.74, 6) is -2.31. The Morgan fingerprint density at radius 1 is 1.21 bits per heavy atom. The molecule has 2 rings (SSSR count). The molecule has 0 saturated heterocycles. The van der Waals surface area contributed by atoms with E-state index in [0.717, 1.165) is 4.90 Å². The van der Waals surface area contributed by atoms with E-state index in [1.54, 1.807) is 0 Å². The second-order valence-corrected chi connectivity index (χ2v) is 6.87. The van der Waals surface area contributed by atoms with Crippen LogP contribution in [0.4, 0.5) is 4.39 Å². The number of carbonyl (C=O) groups excluding carboxylic acids is 3. The Hall–Kier alpha value is -1.98. The van der Waals surface area contributed by atoms with Gasteiger partial charge < -0.3 is 4.74 Å². The fourth-order valence-electron chi connectivity index (χ4n) is 3.43. The summed E-state index contributed by atoms with van der Waals surface area (Å²) >= 11 is 0. The molecule has 2 aliphatic rings. The van der Waals surface area contributed by atoms with E-state index in [9.17, 15) is 18.8 Å². The molecule has 0 radical (unpaired) electrons. The van der Waals surface area contributed by atoms with Crippen molar-refractivity contribution in [2.24, 2.45) is 17.3 Å². The molecule has 1 aliphatic heterocycles. The van der Waals surface area contributed by atoms with E-state index in [1.807, 2.05) is 27.7 Å². The van der Waals surface area contributed by atoms with Crippen LogP contribution in [0.1, 0.15) is 47.5 Å². The maximum absolute atomic E-state index is 13.1. The quantitative estimate of drug-likeness (QED) is 0.552. The molecule has 24 heavy (non-hydrogen) atoms. The third-order valence-corrected chi connectivity index (χ3v) is 4.99. The van der Waals surface area contributed by atoms with E-state index in [4.69, 9.17) is 4.74 Å². The number of imide groups is 1. The van der Waals surface area contributed by atoms with Crippen LogP contribution >= 0.6 is 0 Å². The lowest BCUT2D eigenvalue weighted by Gasteiger charge is -2.15. The number of amides is 2. The average Bonchev–Trinajstić information content (AvgIpc) is 2.93. The summed E-state index contributed by atoms with van der Waals surface area (Å²) in [5, 5.41) is 0. The summed E-state index contributed by atoms with van der Waals surface area (Å²) < 4.78 is 18.3. The summed E-state index contributed by atoms with van der Waals surface area (Å²) in [6.07, 6.45) is 2.36. The van der Waals surface area contributed by atoms with Crippen LogP contribution in [0.2, 0.25) is 0 Å². The van der Waals surface area contributed by atoms with E-state index in [1.165, 1.54) is 13.0 Å². The van der Waals surface area contributed by atoms with Crippen molar-refractivity contribution in [3.63, 3.8) is 0 Å². The minimum absolute atomic E-state index is 0.226. The monoisotopic (exact) mass is 337 g/mol. The van der Waals surface area contributed by atoms with E-state index >= 15 is 0 Å². The van der Waals surface area contributed by atoms with Crippen molar-refractivity contribution in [3.05, 3.63) is 23.0 Å². The van der Waals surface area contributed by atoms with Gasteiger partial charge in [0.2, 0.25) is 0 Å². The minimum Gasteiger partial charge on any atom is -0.443 e. The molecule has 1 fully saturated rings. The molecule has 6 heteroatoms. The van der Waals surface area contributed by atoms with Crippen LogP contribution in [0, 0.1) is 17.3 Å². The van der Waals surface area contributed by atoms with Gasteiger partial charge in [0.15, 0.2) is 6.73 Å². The number of rotatable bonds is 6. The Morgan fingerprint density at radius 3 is 2.12 bits per heavy atom. The van der Waals surface area contributed by atoms with Crippen molar-refractivity contribution in [1.82, 2.24) is 4.90 Å². The first-order valence-electron chi connectivity index (χ1n) is 8.25. The number of hydrogen-bond donors (Lipinski definition) is 0. The predicted octanol–water partition coefficient (Wildman–Crippen LogP) is 3.12. The van der Waals surface area contributed by atoms with Gasteiger partial charge >= 0.3 is 5.97 Å². The van der Waals surface area contributed by atoms with Gasteiger partial charge in [0.1, 0.15) is 0 Å². The number of carbonyl (C=O) groups is 3. The van der Waals surface area contributed by atoms with Gasteiger partial charge in [0.25, 0.3) is 11.8 Å². The van der Waals surface area contributed by atoms with Gasteiger partial charge in [-0.3, -0.25) is 14.4 Å². The van der Waals surface area contributed by atoms with Crippen LogP contribution in [0.25, 0.3) is 0 Å². The van der Waals surface area contributed by atoms with Gasteiger partial charge in [-0.05, 0) is 37.2 Å². The maximum atomic E-state index is 13.1. The largest absolute Gasteiger partial charge is 0.443 e. The number of nitrogens with zero attached hydrogens (tertiary/aromatic N) is 1. The van der Waals surface area contributed by atoms with Crippen LogP contribution < -0.4 is 0 Å². The van der Waals surface area contributed by atoms with E-state index in [2.05, 4.69) is 0 Å². The number of hydrogen-bond acceptors (Lipinski definition) is 4.